The zero-order chi connectivity index (χ0) is 18.9. The number of amides is 1. The summed E-state index contributed by atoms with van der Waals surface area (Å²) in [6, 6.07) is 16.1. The van der Waals surface area contributed by atoms with Gasteiger partial charge < -0.3 is 19.7 Å². The van der Waals surface area contributed by atoms with Crippen molar-refractivity contribution in [1.29, 1.82) is 0 Å². The second-order valence-corrected chi connectivity index (χ2v) is 6.77. The van der Waals surface area contributed by atoms with Crippen molar-refractivity contribution in [2.45, 2.75) is 32.4 Å². The third kappa shape index (κ3) is 5.73. The Bertz CT molecular complexity index is 734. The second kappa shape index (κ2) is 9.97. The molecule has 0 aromatic heterocycles. The van der Waals surface area contributed by atoms with Crippen LogP contribution in [0.3, 0.4) is 0 Å². The van der Waals surface area contributed by atoms with Crippen LogP contribution in [-0.2, 0) is 17.9 Å². The van der Waals surface area contributed by atoms with E-state index < -0.39 is 0 Å². The minimum Gasteiger partial charge on any atom is -0.493 e. The van der Waals surface area contributed by atoms with Crippen molar-refractivity contribution in [2.75, 3.05) is 26.7 Å². The van der Waals surface area contributed by atoms with Gasteiger partial charge in [-0.25, -0.2) is 0 Å². The molecule has 1 aliphatic heterocycles. The van der Waals surface area contributed by atoms with Gasteiger partial charge in [0, 0.05) is 26.1 Å². The third-order valence-electron chi connectivity index (χ3n) is 4.75. The Labute approximate surface area is 161 Å². The van der Waals surface area contributed by atoms with Crippen LogP contribution in [0, 0.1) is 0 Å². The monoisotopic (exact) mass is 368 g/mol. The first kappa shape index (κ1) is 19.2. The Balaban J connectivity index is 1.43. The fourth-order valence-electron chi connectivity index (χ4n) is 3.24. The summed E-state index contributed by atoms with van der Waals surface area (Å²) < 4.78 is 11.4. The van der Waals surface area contributed by atoms with Crippen molar-refractivity contribution in [2.24, 2.45) is 0 Å². The van der Waals surface area contributed by atoms with Gasteiger partial charge in [-0.1, -0.05) is 36.4 Å². The SMILES string of the molecule is COc1cc(CNCCCN2CCCC2=O)ccc1OCc1ccccc1. The topological polar surface area (TPSA) is 50.8 Å². The molecule has 2 aromatic carbocycles. The minimum atomic E-state index is 0.297. The maximum atomic E-state index is 11.6. The molecule has 1 aliphatic rings. The molecule has 0 atom stereocenters. The number of carbonyl (C=O) groups is 1. The summed E-state index contributed by atoms with van der Waals surface area (Å²) in [4.78, 5) is 13.5. The summed E-state index contributed by atoms with van der Waals surface area (Å²) in [6.07, 6.45) is 2.69. The van der Waals surface area contributed by atoms with E-state index in [9.17, 15) is 4.79 Å². The summed E-state index contributed by atoms with van der Waals surface area (Å²) in [7, 11) is 1.66. The van der Waals surface area contributed by atoms with Crippen LogP contribution in [-0.4, -0.2) is 37.6 Å². The highest BCUT2D eigenvalue weighted by Crippen LogP contribution is 2.28. The minimum absolute atomic E-state index is 0.297. The van der Waals surface area contributed by atoms with Gasteiger partial charge >= 0.3 is 0 Å². The molecule has 0 unspecified atom stereocenters. The number of carbonyl (C=O) groups excluding carboxylic acids is 1. The fourth-order valence-corrected chi connectivity index (χ4v) is 3.24. The highest BCUT2D eigenvalue weighted by Gasteiger charge is 2.18. The molecule has 144 valence electrons. The summed E-state index contributed by atoms with van der Waals surface area (Å²) in [6.45, 7) is 3.94. The number of ether oxygens (including phenoxy) is 2. The van der Waals surface area contributed by atoms with Crippen LogP contribution in [0.2, 0.25) is 0 Å². The number of hydrogen-bond acceptors (Lipinski definition) is 4. The molecular weight excluding hydrogens is 340 g/mol. The Morgan fingerprint density at radius 2 is 1.93 bits per heavy atom. The normalized spacial score (nSPS) is 13.8. The summed E-state index contributed by atoms with van der Waals surface area (Å²) >= 11 is 0. The van der Waals surface area contributed by atoms with E-state index in [-0.39, 0.29) is 0 Å². The average molecular weight is 368 g/mol. The van der Waals surface area contributed by atoms with Gasteiger partial charge in [-0.2, -0.15) is 0 Å². The largest absolute Gasteiger partial charge is 0.493 e. The van der Waals surface area contributed by atoms with Crippen molar-refractivity contribution in [3.8, 4) is 11.5 Å². The van der Waals surface area contributed by atoms with Gasteiger partial charge in [-0.3, -0.25) is 4.79 Å². The van der Waals surface area contributed by atoms with Gasteiger partial charge in [-0.15, -0.1) is 0 Å². The summed E-state index contributed by atoms with van der Waals surface area (Å²) in [5, 5.41) is 3.43. The van der Waals surface area contributed by atoms with Crippen molar-refractivity contribution in [1.82, 2.24) is 10.2 Å². The summed E-state index contributed by atoms with van der Waals surface area (Å²) in [5.74, 6) is 1.79. The lowest BCUT2D eigenvalue weighted by molar-refractivity contribution is -0.127. The van der Waals surface area contributed by atoms with Crippen LogP contribution in [0.1, 0.15) is 30.4 Å². The molecule has 1 fully saturated rings. The molecule has 0 aliphatic carbocycles. The molecule has 5 nitrogen and oxygen atoms in total. The molecule has 0 saturated carbocycles. The van der Waals surface area contributed by atoms with Crippen LogP contribution in [0.15, 0.2) is 48.5 Å². The molecule has 1 saturated heterocycles. The van der Waals surface area contributed by atoms with E-state index >= 15 is 0 Å². The molecule has 1 amide bonds. The number of rotatable bonds is 10. The van der Waals surface area contributed by atoms with Crippen molar-refractivity contribution in [3.63, 3.8) is 0 Å². The van der Waals surface area contributed by atoms with E-state index in [4.69, 9.17) is 9.47 Å². The molecule has 0 spiro atoms. The Hall–Kier alpha value is -2.53. The fraction of sp³-hybridized carbons (Fsp3) is 0.409. The van der Waals surface area contributed by atoms with E-state index in [1.165, 1.54) is 0 Å². The number of hydrogen-bond donors (Lipinski definition) is 1. The number of nitrogens with one attached hydrogen (secondary N) is 1. The third-order valence-corrected chi connectivity index (χ3v) is 4.75. The van der Waals surface area contributed by atoms with Gasteiger partial charge in [0.15, 0.2) is 11.5 Å². The molecule has 0 radical (unpaired) electrons. The lowest BCUT2D eigenvalue weighted by Gasteiger charge is -2.15. The van der Waals surface area contributed by atoms with Gasteiger partial charge in [0.2, 0.25) is 5.91 Å². The Morgan fingerprint density at radius 3 is 2.67 bits per heavy atom. The highest BCUT2D eigenvalue weighted by atomic mass is 16.5. The van der Waals surface area contributed by atoms with Crippen molar-refractivity contribution in [3.05, 3.63) is 59.7 Å². The van der Waals surface area contributed by atoms with Crippen LogP contribution >= 0.6 is 0 Å². The van der Waals surface area contributed by atoms with Crippen LogP contribution in [0.4, 0.5) is 0 Å². The van der Waals surface area contributed by atoms with E-state index in [2.05, 4.69) is 11.4 Å². The maximum absolute atomic E-state index is 11.6. The standard InChI is InChI=1S/C22H28N2O3/c1-26-21-15-19(16-23-12-6-14-24-13-5-9-22(24)25)10-11-20(21)27-17-18-7-3-2-4-8-18/h2-4,7-8,10-11,15,23H,5-6,9,12-14,16-17H2,1H3. The quantitative estimate of drug-likeness (QED) is 0.653. The average Bonchev–Trinajstić information content (AvgIpc) is 3.12. The lowest BCUT2D eigenvalue weighted by atomic mass is 10.2. The van der Waals surface area contributed by atoms with Gasteiger partial charge in [0.25, 0.3) is 0 Å². The Kier molecular flexibility index (Phi) is 7.11. The van der Waals surface area contributed by atoms with E-state index in [0.717, 1.165) is 61.6 Å². The first-order chi connectivity index (χ1) is 13.3. The number of methoxy groups -OCH3 is 1. The Morgan fingerprint density at radius 1 is 1.07 bits per heavy atom. The van der Waals surface area contributed by atoms with E-state index in [1.807, 2.05) is 47.4 Å². The number of nitrogens with zero attached hydrogens (tertiary/aromatic N) is 1. The van der Waals surface area contributed by atoms with Gasteiger partial charge in [0.05, 0.1) is 7.11 Å². The van der Waals surface area contributed by atoms with Crippen LogP contribution in [0.25, 0.3) is 0 Å². The predicted molar refractivity (Wildman–Crippen MR) is 106 cm³/mol. The molecule has 3 rings (SSSR count). The molecule has 2 aromatic rings. The van der Waals surface area contributed by atoms with Crippen molar-refractivity contribution >= 4 is 5.91 Å². The van der Waals surface area contributed by atoms with Crippen molar-refractivity contribution < 1.29 is 14.3 Å². The highest BCUT2D eigenvalue weighted by molar-refractivity contribution is 5.77. The molecule has 1 N–H and O–H groups in total. The second-order valence-electron chi connectivity index (χ2n) is 6.77. The van der Waals surface area contributed by atoms with E-state index in [1.54, 1.807) is 7.11 Å². The smallest absolute Gasteiger partial charge is 0.222 e. The van der Waals surface area contributed by atoms with Crippen LogP contribution < -0.4 is 14.8 Å². The lowest BCUT2D eigenvalue weighted by Crippen LogP contribution is -2.28. The van der Waals surface area contributed by atoms with Gasteiger partial charge in [-0.05, 0) is 42.6 Å². The summed E-state index contributed by atoms with van der Waals surface area (Å²) in [5.41, 5.74) is 2.28. The number of benzene rings is 2. The molecule has 1 heterocycles. The zero-order valence-electron chi connectivity index (χ0n) is 15.9. The number of likely N-dealkylation sites (tertiary alicyclic amines) is 1. The molecule has 0 bridgehead atoms. The molecule has 5 heteroatoms. The first-order valence-corrected chi connectivity index (χ1v) is 9.58. The van der Waals surface area contributed by atoms with Crippen LogP contribution in [0.5, 0.6) is 11.5 Å². The predicted octanol–water partition coefficient (Wildman–Crippen LogP) is 3.38. The maximum Gasteiger partial charge on any atom is 0.222 e. The zero-order valence-corrected chi connectivity index (χ0v) is 15.9. The molecular formula is C22H28N2O3. The first-order valence-electron chi connectivity index (χ1n) is 9.58. The van der Waals surface area contributed by atoms with Gasteiger partial charge in [0.1, 0.15) is 6.61 Å². The molecule has 27 heavy (non-hydrogen) atoms. The van der Waals surface area contributed by atoms with E-state index in [0.29, 0.717) is 18.9 Å².